The molecule has 4 heterocycles. The third-order valence-corrected chi connectivity index (χ3v) is 6.72. The van der Waals surface area contributed by atoms with Gasteiger partial charge in [-0.3, -0.25) is 9.78 Å². The molecule has 1 spiro atoms. The van der Waals surface area contributed by atoms with E-state index >= 15 is 0 Å². The summed E-state index contributed by atoms with van der Waals surface area (Å²) >= 11 is 0. The first kappa shape index (κ1) is 15.9. The lowest BCUT2D eigenvalue weighted by molar-refractivity contribution is 0.352. The van der Waals surface area contributed by atoms with E-state index in [9.17, 15) is 4.79 Å². The maximum Gasteiger partial charge on any atom is 0.252 e. The topological polar surface area (TPSA) is 52.2 Å². The number of aryl methyl sites for hydroxylation is 1. The smallest absolute Gasteiger partial charge is 0.252 e. The monoisotopic (exact) mass is 350 g/mol. The molecule has 0 saturated carbocycles. The molecule has 0 amide bonds. The first-order valence-electron chi connectivity index (χ1n) is 9.82. The van der Waals surface area contributed by atoms with Gasteiger partial charge in [-0.2, -0.15) is 0 Å². The van der Waals surface area contributed by atoms with Crippen LogP contribution in [0.3, 0.4) is 0 Å². The fraction of sp³-hybridized carbons (Fsp3) is 0.524. The molecule has 136 valence electrons. The number of nitrogens with one attached hydrogen (secondary N) is 1. The van der Waals surface area contributed by atoms with Crippen LogP contribution in [-0.2, 0) is 18.3 Å². The van der Waals surface area contributed by atoms with Crippen molar-refractivity contribution in [2.24, 2.45) is 0 Å². The highest BCUT2D eigenvalue weighted by Gasteiger charge is 2.43. The molecule has 5 rings (SSSR count). The van der Waals surface area contributed by atoms with Crippen molar-refractivity contribution >= 4 is 11.5 Å². The van der Waals surface area contributed by atoms with Gasteiger partial charge < -0.3 is 14.8 Å². The summed E-state index contributed by atoms with van der Waals surface area (Å²) in [6.07, 6.45) is 10.5. The van der Waals surface area contributed by atoms with Crippen LogP contribution in [0.15, 0.2) is 29.3 Å². The number of fused-ring (bicyclic) bond motifs is 3. The SMILES string of the molecule is CN1CC2(CCN(c3cc4c(c(=O)[nH]3)CCCC4)CC2)c2ccncc21. The highest BCUT2D eigenvalue weighted by atomic mass is 16.1. The van der Waals surface area contributed by atoms with Crippen molar-refractivity contribution in [1.82, 2.24) is 9.97 Å². The van der Waals surface area contributed by atoms with Gasteiger partial charge in [-0.15, -0.1) is 0 Å². The molecular weight excluding hydrogens is 324 g/mol. The first-order valence-corrected chi connectivity index (χ1v) is 9.82. The fourth-order valence-corrected chi connectivity index (χ4v) is 5.28. The minimum atomic E-state index is 0.134. The standard InChI is InChI=1S/C21H26N4O/c1-24-14-21(17-6-9-22-13-18(17)24)7-10-25(11-8-21)19-12-15-4-2-3-5-16(15)20(26)23-19/h6,9,12-13H,2-5,7-8,10-11,14H2,1H3,(H,23,26). The van der Waals surface area contributed by atoms with Gasteiger partial charge in [0.25, 0.3) is 5.56 Å². The summed E-state index contributed by atoms with van der Waals surface area (Å²) in [7, 11) is 2.17. The maximum atomic E-state index is 12.5. The molecule has 0 radical (unpaired) electrons. The summed E-state index contributed by atoms with van der Waals surface area (Å²) in [5, 5.41) is 0. The number of aromatic amines is 1. The van der Waals surface area contributed by atoms with E-state index in [1.807, 2.05) is 12.4 Å². The van der Waals surface area contributed by atoms with E-state index in [0.717, 1.165) is 63.1 Å². The van der Waals surface area contributed by atoms with Gasteiger partial charge in [-0.25, -0.2) is 0 Å². The van der Waals surface area contributed by atoms with E-state index in [4.69, 9.17) is 0 Å². The Bertz CT molecular complexity index is 895. The number of anilines is 2. The highest BCUT2D eigenvalue weighted by Crippen LogP contribution is 2.46. The Balaban J connectivity index is 1.40. The molecule has 0 unspecified atom stereocenters. The zero-order valence-electron chi connectivity index (χ0n) is 15.4. The number of hydrogen-bond acceptors (Lipinski definition) is 4. The lowest BCUT2D eigenvalue weighted by Gasteiger charge is -2.40. The zero-order chi connectivity index (χ0) is 17.7. The van der Waals surface area contributed by atoms with Gasteiger partial charge in [-0.05, 0) is 61.8 Å². The predicted octanol–water partition coefficient (Wildman–Crippen LogP) is 2.64. The van der Waals surface area contributed by atoms with Crippen molar-refractivity contribution < 1.29 is 0 Å². The predicted molar refractivity (Wildman–Crippen MR) is 104 cm³/mol. The molecule has 2 aliphatic heterocycles. The lowest BCUT2D eigenvalue weighted by atomic mass is 9.74. The second-order valence-electron chi connectivity index (χ2n) is 8.21. The van der Waals surface area contributed by atoms with E-state index in [1.54, 1.807) is 0 Å². The molecule has 1 fully saturated rings. The molecule has 1 saturated heterocycles. The Hall–Kier alpha value is -2.30. The third-order valence-electron chi connectivity index (χ3n) is 6.72. The molecule has 3 aliphatic rings. The first-order chi connectivity index (χ1) is 12.7. The van der Waals surface area contributed by atoms with Crippen LogP contribution >= 0.6 is 0 Å². The van der Waals surface area contributed by atoms with E-state index < -0.39 is 0 Å². The maximum absolute atomic E-state index is 12.5. The second-order valence-corrected chi connectivity index (χ2v) is 8.21. The van der Waals surface area contributed by atoms with E-state index in [1.165, 1.54) is 23.2 Å². The number of likely N-dealkylation sites (N-methyl/N-ethyl adjacent to an activating group) is 1. The molecular formula is C21H26N4O. The van der Waals surface area contributed by atoms with Crippen LogP contribution < -0.4 is 15.4 Å². The molecule has 0 aromatic carbocycles. The summed E-state index contributed by atoms with van der Waals surface area (Å²) in [5.74, 6) is 1.02. The van der Waals surface area contributed by atoms with E-state index in [-0.39, 0.29) is 11.0 Å². The number of hydrogen-bond donors (Lipinski definition) is 1. The van der Waals surface area contributed by atoms with Crippen molar-refractivity contribution in [3.63, 3.8) is 0 Å². The average Bonchev–Trinajstić information content (AvgIpc) is 2.94. The number of H-pyrrole nitrogens is 1. The molecule has 2 aromatic rings. The summed E-state index contributed by atoms with van der Waals surface area (Å²) < 4.78 is 0. The average molecular weight is 350 g/mol. The minimum absolute atomic E-state index is 0.134. The van der Waals surface area contributed by atoms with Gasteiger partial charge in [0.1, 0.15) is 5.82 Å². The van der Waals surface area contributed by atoms with Gasteiger partial charge in [0.15, 0.2) is 0 Å². The Morgan fingerprint density at radius 1 is 1.19 bits per heavy atom. The van der Waals surface area contributed by atoms with Crippen LogP contribution in [0, 0.1) is 0 Å². The van der Waals surface area contributed by atoms with Crippen LogP contribution in [0.5, 0.6) is 0 Å². The van der Waals surface area contributed by atoms with Gasteiger partial charge in [0.2, 0.25) is 0 Å². The lowest BCUT2D eigenvalue weighted by Crippen LogP contribution is -2.45. The van der Waals surface area contributed by atoms with Crippen molar-refractivity contribution in [3.05, 3.63) is 51.6 Å². The summed E-state index contributed by atoms with van der Waals surface area (Å²) in [4.78, 5) is 24.7. The third kappa shape index (κ3) is 2.37. The molecule has 0 bridgehead atoms. The summed E-state index contributed by atoms with van der Waals surface area (Å²) in [5.41, 5.74) is 5.39. The molecule has 1 aliphatic carbocycles. The van der Waals surface area contributed by atoms with Crippen molar-refractivity contribution in [2.75, 3.05) is 36.5 Å². The number of aromatic nitrogens is 2. The second kappa shape index (κ2) is 5.86. The minimum Gasteiger partial charge on any atom is -0.372 e. The van der Waals surface area contributed by atoms with Crippen LogP contribution in [0.25, 0.3) is 0 Å². The largest absolute Gasteiger partial charge is 0.372 e. The summed E-state index contributed by atoms with van der Waals surface area (Å²) in [6, 6.07) is 4.45. The summed E-state index contributed by atoms with van der Waals surface area (Å²) in [6.45, 7) is 3.05. The molecule has 5 nitrogen and oxygen atoms in total. The quantitative estimate of drug-likeness (QED) is 0.859. The normalized spacial score (nSPS) is 21.0. The van der Waals surface area contributed by atoms with E-state index in [2.05, 4.69) is 38.9 Å². The molecule has 1 N–H and O–H groups in total. The molecule has 26 heavy (non-hydrogen) atoms. The van der Waals surface area contributed by atoms with E-state index in [0.29, 0.717) is 0 Å². The van der Waals surface area contributed by atoms with Crippen LogP contribution in [-0.4, -0.2) is 36.6 Å². The van der Waals surface area contributed by atoms with Crippen LogP contribution in [0.2, 0.25) is 0 Å². The van der Waals surface area contributed by atoms with Crippen molar-refractivity contribution in [2.45, 2.75) is 43.9 Å². The fourth-order valence-electron chi connectivity index (χ4n) is 5.28. The molecule has 2 aromatic heterocycles. The van der Waals surface area contributed by atoms with Gasteiger partial charge >= 0.3 is 0 Å². The number of nitrogens with zero attached hydrogens (tertiary/aromatic N) is 3. The van der Waals surface area contributed by atoms with Crippen molar-refractivity contribution in [1.29, 1.82) is 0 Å². The van der Waals surface area contributed by atoms with Gasteiger partial charge in [0, 0.05) is 43.9 Å². The van der Waals surface area contributed by atoms with Crippen molar-refractivity contribution in [3.8, 4) is 0 Å². The Kier molecular flexibility index (Phi) is 3.59. The van der Waals surface area contributed by atoms with Crippen LogP contribution in [0.1, 0.15) is 42.4 Å². The zero-order valence-corrected chi connectivity index (χ0v) is 15.4. The Morgan fingerprint density at radius 3 is 2.85 bits per heavy atom. The Morgan fingerprint density at radius 2 is 2.00 bits per heavy atom. The van der Waals surface area contributed by atoms with Crippen LogP contribution in [0.4, 0.5) is 11.5 Å². The number of rotatable bonds is 1. The molecule has 5 heteroatoms. The molecule has 0 atom stereocenters. The van der Waals surface area contributed by atoms with Gasteiger partial charge in [0.05, 0.1) is 11.9 Å². The van der Waals surface area contributed by atoms with Gasteiger partial charge in [-0.1, -0.05) is 0 Å². The number of piperidine rings is 1. The Labute approximate surface area is 154 Å². The number of pyridine rings is 2. The highest BCUT2D eigenvalue weighted by molar-refractivity contribution is 5.61.